The van der Waals surface area contributed by atoms with E-state index < -0.39 is 11.7 Å². The van der Waals surface area contributed by atoms with Crippen LogP contribution >= 0.6 is 0 Å². The number of halogens is 1. The molecule has 1 amide bonds. The van der Waals surface area contributed by atoms with Gasteiger partial charge in [0.1, 0.15) is 11.5 Å². The summed E-state index contributed by atoms with van der Waals surface area (Å²) in [4.78, 5) is 15.9. The maximum Gasteiger partial charge on any atom is 0.258 e. The fourth-order valence-electron chi connectivity index (χ4n) is 1.55. The summed E-state index contributed by atoms with van der Waals surface area (Å²) in [5.74, 6) is -1.02. The number of hydrogen-bond donors (Lipinski definition) is 2. The van der Waals surface area contributed by atoms with Gasteiger partial charge in [0.05, 0.1) is 12.7 Å². The van der Waals surface area contributed by atoms with Gasteiger partial charge in [0.2, 0.25) is 5.88 Å². The average Bonchev–Trinajstić information content (AvgIpc) is 2.39. The van der Waals surface area contributed by atoms with Crippen molar-refractivity contribution in [3.05, 3.63) is 47.9 Å². The maximum atomic E-state index is 13.6. The van der Waals surface area contributed by atoms with E-state index in [2.05, 4.69) is 10.3 Å². The van der Waals surface area contributed by atoms with E-state index in [1.807, 2.05) is 0 Å². The Labute approximate surface area is 109 Å². The lowest BCUT2D eigenvalue weighted by Crippen LogP contribution is -2.14. The highest BCUT2D eigenvalue weighted by Gasteiger charge is 2.14. The summed E-state index contributed by atoms with van der Waals surface area (Å²) in [6, 6.07) is 7.12. The highest BCUT2D eigenvalue weighted by Crippen LogP contribution is 2.21. The van der Waals surface area contributed by atoms with E-state index in [0.717, 1.165) is 6.07 Å². The number of anilines is 2. The summed E-state index contributed by atoms with van der Waals surface area (Å²) < 4.78 is 18.6. The van der Waals surface area contributed by atoms with Crippen LogP contribution in [-0.4, -0.2) is 18.0 Å². The van der Waals surface area contributed by atoms with E-state index in [-0.39, 0.29) is 17.1 Å². The highest BCUT2D eigenvalue weighted by molar-refractivity contribution is 6.05. The fourth-order valence-corrected chi connectivity index (χ4v) is 1.55. The number of rotatable bonds is 3. The lowest BCUT2D eigenvalue weighted by molar-refractivity contribution is 0.102. The van der Waals surface area contributed by atoms with E-state index in [9.17, 15) is 9.18 Å². The van der Waals surface area contributed by atoms with E-state index in [1.54, 1.807) is 12.1 Å². The zero-order chi connectivity index (χ0) is 13.8. The minimum Gasteiger partial charge on any atom is -0.480 e. The topological polar surface area (TPSA) is 77.2 Å². The van der Waals surface area contributed by atoms with Crippen LogP contribution in [0.4, 0.5) is 15.8 Å². The van der Waals surface area contributed by atoms with Crippen LogP contribution in [-0.2, 0) is 0 Å². The molecule has 19 heavy (non-hydrogen) atoms. The molecule has 0 spiro atoms. The number of aromatic nitrogens is 1. The second-order valence-corrected chi connectivity index (χ2v) is 3.75. The third-order valence-corrected chi connectivity index (χ3v) is 2.45. The standard InChI is InChI=1S/C13H12FN3O2/c1-19-13-11(3-2-6-16-13)17-12(18)9-5-4-8(15)7-10(9)14/h2-7H,15H2,1H3,(H,17,18). The summed E-state index contributed by atoms with van der Waals surface area (Å²) >= 11 is 0. The molecule has 6 heteroatoms. The minimum atomic E-state index is -0.680. The molecule has 0 saturated heterocycles. The first-order chi connectivity index (χ1) is 9.11. The molecule has 1 heterocycles. The van der Waals surface area contributed by atoms with Crippen molar-refractivity contribution in [3.63, 3.8) is 0 Å². The number of carbonyl (C=O) groups excluding carboxylic acids is 1. The smallest absolute Gasteiger partial charge is 0.258 e. The van der Waals surface area contributed by atoms with Crippen LogP contribution in [0.1, 0.15) is 10.4 Å². The fraction of sp³-hybridized carbons (Fsp3) is 0.0769. The summed E-state index contributed by atoms with van der Waals surface area (Å²) in [5, 5.41) is 2.53. The first kappa shape index (κ1) is 12.8. The van der Waals surface area contributed by atoms with Crippen LogP contribution in [0.2, 0.25) is 0 Å². The predicted molar refractivity (Wildman–Crippen MR) is 69.6 cm³/mol. The van der Waals surface area contributed by atoms with Gasteiger partial charge in [0.15, 0.2) is 0 Å². The lowest BCUT2D eigenvalue weighted by Gasteiger charge is -2.09. The van der Waals surface area contributed by atoms with E-state index >= 15 is 0 Å². The average molecular weight is 261 g/mol. The Morgan fingerprint density at radius 1 is 1.42 bits per heavy atom. The van der Waals surface area contributed by atoms with Gasteiger partial charge in [-0.3, -0.25) is 4.79 Å². The Bertz CT molecular complexity index is 617. The molecule has 2 rings (SSSR count). The molecule has 5 nitrogen and oxygen atoms in total. The minimum absolute atomic E-state index is 0.0971. The first-order valence-electron chi connectivity index (χ1n) is 5.47. The molecule has 1 aromatic heterocycles. The van der Waals surface area contributed by atoms with Crippen LogP contribution in [0.3, 0.4) is 0 Å². The Hall–Kier alpha value is -2.63. The molecule has 0 aliphatic rings. The number of nitrogens with one attached hydrogen (secondary N) is 1. The van der Waals surface area contributed by atoms with E-state index in [4.69, 9.17) is 10.5 Å². The highest BCUT2D eigenvalue weighted by atomic mass is 19.1. The first-order valence-corrected chi connectivity index (χ1v) is 5.47. The van der Waals surface area contributed by atoms with Crippen molar-refractivity contribution in [1.29, 1.82) is 0 Å². The van der Waals surface area contributed by atoms with E-state index in [0.29, 0.717) is 5.69 Å². The Kier molecular flexibility index (Phi) is 3.61. The Morgan fingerprint density at radius 3 is 2.89 bits per heavy atom. The summed E-state index contributed by atoms with van der Waals surface area (Å²) in [7, 11) is 1.43. The number of ether oxygens (including phenoxy) is 1. The van der Waals surface area contributed by atoms with Crippen molar-refractivity contribution in [1.82, 2.24) is 4.98 Å². The second kappa shape index (κ2) is 5.34. The van der Waals surface area contributed by atoms with Crippen LogP contribution in [0, 0.1) is 5.82 Å². The van der Waals surface area contributed by atoms with Crippen LogP contribution in [0.25, 0.3) is 0 Å². The van der Waals surface area contributed by atoms with Crippen LogP contribution < -0.4 is 15.8 Å². The molecule has 0 bridgehead atoms. The second-order valence-electron chi connectivity index (χ2n) is 3.75. The van der Waals surface area contributed by atoms with Gasteiger partial charge in [0, 0.05) is 11.9 Å². The summed E-state index contributed by atoms with van der Waals surface area (Å²) in [6.07, 6.45) is 1.53. The molecule has 98 valence electrons. The number of benzene rings is 1. The van der Waals surface area contributed by atoms with Crippen molar-refractivity contribution in [2.45, 2.75) is 0 Å². The Morgan fingerprint density at radius 2 is 2.21 bits per heavy atom. The number of methoxy groups -OCH3 is 1. The summed E-state index contributed by atoms with van der Waals surface area (Å²) in [5.41, 5.74) is 5.95. The van der Waals surface area contributed by atoms with Crippen LogP contribution in [0.5, 0.6) is 5.88 Å². The molecular weight excluding hydrogens is 249 g/mol. The third kappa shape index (κ3) is 2.79. The zero-order valence-corrected chi connectivity index (χ0v) is 10.2. The molecule has 3 N–H and O–H groups in total. The molecule has 0 saturated carbocycles. The zero-order valence-electron chi connectivity index (χ0n) is 10.2. The van der Waals surface area contributed by atoms with Gasteiger partial charge in [-0.05, 0) is 30.3 Å². The molecule has 0 atom stereocenters. The molecule has 1 aromatic carbocycles. The van der Waals surface area contributed by atoms with Crippen molar-refractivity contribution in [3.8, 4) is 5.88 Å². The van der Waals surface area contributed by atoms with Gasteiger partial charge >= 0.3 is 0 Å². The molecule has 0 unspecified atom stereocenters. The molecule has 0 fully saturated rings. The molecule has 0 aliphatic carbocycles. The lowest BCUT2D eigenvalue weighted by atomic mass is 10.2. The summed E-state index contributed by atoms with van der Waals surface area (Å²) in [6.45, 7) is 0. The number of nitrogens with two attached hydrogens (primary N) is 1. The molecule has 0 aliphatic heterocycles. The number of carbonyl (C=O) groups is 1. The normalized spacial score (nSPS) is 10.0. The van der Waals surface area contributed by atoms with Crippen molar-refractivity contribution in [2.24, 2.45) is 0 Å². The van der Waals surface area contributed by atoms with Crippen molar-refractivity contribution in [2.75, 3.05) is 18.2 Å². The molecule has 2 aromatic rings. The largest absolute Gasteiger partial charge is 0.480 e. The third-order valence-electron chi connectivity index (χ3n) is 2.45. The van der Waals surface area contributed by atoms with E-state index in [1.165, 1.54) is 25.4 Å². The number of hydrogen-bond acceptors (Lipinski definition) is 4. The van der Waals surface area contributed by atoms with Crippen molar-refractivity contribution < 1.29 is 13.9 Å². The molecular formula is C13H12FN3O2. The van der Waals surface area contributed by atoms with Crippen molar-refractivity contribution >= 4 is 17.3 Å². The predicted octanol–water partition coefficient (Wildman–Crippen LogP) is 2.06. The molecule has 0 radical (unpaired) electrons. The van der Waals surface area contributed by atoms with Gasteiger partial charge in [-0.15, -0.1) is 0 Å². The van der Waals surface area contributed by atoms with Gasteiger partial charge in [-0.1, -0.05) is 0 Å². The van der Waals surface area contributed by atoms with Gasteiger partial charge < -0.3 is 15.8 Å². The number of amides is 1. The SMILES string of the molecule is COc1ncccc1NC(=O)c1ccc(N)cc1F. The quantitative estimate of drug-likeness (QED) is 0.829. The Balaban J connectivity index is 2.26. The maximum absolute atomic E-state index is 13.6. The van der Waals surface area contributed by atoms with Crippen LogP contribution in [0.15, 0.2) is 36.5 Å². The van der Waals surface area contributed by atoms with Gasteiger partial charge in [0.25, 0.3) is 5.91 Å². The number of nitrogen functional groups attached to an aromatic ring is 1. The van der Waals surface area contributed by atoms with Gasteiger partial charge in [-0.25, -0.2) is 9.37 Å². The number of nitrogens with zero attached hydrogens (tertiary/aromatic N) is 1. The number of pyridine rings is 1. The van der Waals surface area contributed by atoms with Gasteiger partial charge in [-0.2, -0.15) is 0 Å². The monoisotopic (exact) mass is 261 g/mol.